The van der Waals surface area contributed by atoms with Gasteiger partial charge in [-0.3, -0.25) is 14.3 Å². The van der Waals surface area contributed by atoms with E-state index in [1.807, 2.05) is 17.0 Å². The molecular weight excluding hydrogens is 390 g/mol. The summed E-state index contributed by atoms with van der Waals surface area (Å²) >= 11 is 0. The van der Waals surface area contributed by atoms with Gasteiger partial charge in [-0.05, 0) is 61.6 Å². The van der Waals surface area contributed by atoms with Crippen molar-refractivity contribution in [2.24, 2.45) is 0 Å². The van der Waals surface area contributed by atoms with Crippen LogP contribution in [0.3, 0.4) is 0 Å². The van der Waals surface area contributed by atoms with Crippen molar-refractivity contribution in [1.82, 2.24) is 25.2 Å². The Hall–Kier alpha value is -2.70. The lowest BCUT2D eigenvalue weighted by Crippen LogP contribution is -2.44. The fraction of sp³-hybridized carbons (Fsp3) is 0.583. The third kappa shape index (κ3) is 5.32. The molecule has 2 amide bonds. The lowest BCUT2D eigenvalue weighted by Gasteiger charge is -2.36. The number of carbonyl (C=O) groups excluding carboxylic acids is 2. The number of hydrogen-bond acceptors (Lipinski definition) is 4. The Morgan fingerprint density at radius 1 is 1.10 bits per heavy atom. The van der Waals surface area contributed by atoms with Crippen LogP contribution in [-0.2, 0) is 12.0 Å². The first-order chi connectivity index (χ1) is 14.8. The highest BCUT2D eigenvalue weighted by Gasteiger charge is 2.28. The highest BCUT2D eigenvalue weighted by atomic mass is 16.2. The van der Waals surface area contributed by atoms with Crippen molar-refractivity contribution in [1.29, 1.82) is 0 Å². The summed E-state index contributed by atoms with van der Waals surface area (Å²) < 4.78 is 1.72. The fourth-order valence-corrected chi connectivity index (χ4v) is 4.13. The van der Waals surface area contributed by atoms with E-state index in [0.717, 1.165) is 50.6 Å². The van der Waals surface area contributed by atoms with Gasteiger partial charge in [0.15, 0.2) is 5.69 Å². The van der Waals surface area contributed by atoms with Crippen LogP contribution >= 0.6 is 0 Å². The number of carbonyl (C=O) groups is 2. The van der Waals surface area contributed by atoms with E-state index in [1.165, 1.54) is 5.56 Å². The average Bonchev–Trinajstić information content (AvgIpc) is 3.44. The predicted molar refractivity (Wildman–Crippen MR) is 119 cm³/mol. The Bertz CT molecular complexity index is 924. The maximum Gasteiger partial charge on any atom is 0.273 e. The molecule has 2 heterocycles. The number of likely N-dealkylation sites (tertiary alicyclic amines) is 1. The summed E-state index contributed by atoms with van der Waals surface area (Å²) in [6.45, 7) is 7.96. The van der Waals surface area contributed by atoms with Gasteiger partial charge >= 0.3 is 0 Å². The topological polar surface area (TPSA) is 80.1 Å². The van der Waals surface area contributed by atoms with E-state index < -0.39 is 0 Å². The molecule has 2 aromatic rings. The van der Waals surface area contributed by atoms with Crippen molar-refractivity contribution in [3.8, 4) is 0 Å². The summed E-state index contributed by atoms with van der Waals surface area (Å²) in [6, 6.07) is 8.52. The molecule has 0 spiro atoms. The van der Waals surface area contributed by atoms with Crippen LogP contribution in [0.25, 0.3) is 0 Å². The first kappa shape index (κ1) is 21.5. The van der Waals surface area contributed by atoms with E-state index >= 15 is 0 Å². The van der Waals surface area contributed by atoms with Crippen LogP contribution in [0.15, 0.2) is 30.5 Å². The number of hydrogen-bond donors (Lipinski definition) is 1. The largest absolute Gasteiger partial charge is 0.348 e. The molecule has 1 aliphatic heterocycles. The maximum atomic E-state index is 13.2. The van der Waals surface area contributed by atoms with Gasteiger partial charge < -0.3 is 10.2 Å². The van der Waals surface area contributed by atoms with Crippen molar-refractivity contribution in [3.63, 3.8) is 0 Å². The lowest BCUT2D eigenvalue weighted by atomic mass is 9.86. The highest BCUT2D eigenvalue weighted by molar-refractivity contribution is 5.94. The van der Waals surface area contributed by atoms with E-state index in [2.05, 4.69) is 48.5 Å². The molecule has 7 nitrogen and oxygen atoms in total. The molecule has 1 aromatic carbocycles. The summed E-state index contributed by atoms with van der Waals surface area (Å²) in [5.74, 6) is -0.0461. The molecule has 1 aliphatic carbocycles. The van der Waals surface area contributed by atoms with Gasteiger partial charge in [0.1, 0.15) is 0 Å². The average molecular weight is 424 g/mol. The normalized spacial score (nSPS) is 19.3. The van der Waals surface area contributed by atoms with Gasteiger partial charge in [0.05, 0.1) is 6.20 Å². The molecule has 0 radical (unpaired) electrons. The monoisotopic (exact) mass is 423 g/mol. The first-order valence-electron chi connectivity index (χ1n) is 11.4. The molecule has 1 aromatic heterocycles. The summed E-state index contributed by atoms with van der Waals surface area (Å²) in [6.07, 6.45) is 7.77. The third-order valence-electron chi connectivity index (χ3n) is 6.26. The van der Waals surface area contributed by atoms with Crippen molar-refractivity contribution < 1.29 is 9.59 Å². The van der Waals surface area contributed by atoms with Gasteiger partial charge in [0.25, 0.3) is 11.8 Å². The summed E-state index contributed by atoms with van der Waals surface area (Å²) in [7, 11) is 0. The Morgan fingerprint density at radius 2 is 1.84 bits per heavy atom. The highest BCUT2D eigenvalue weighted by Crippen LogP contribution is 2.25. The molecule has 1 N–H and O–H groups in total. The van der Waals surface area contributed by atoms with Crippen LogP contribution in [0, 0.1) is 0 Å². The summed E-state index contributed by atoms with van der Waals surface area (Å²) in [5, 5.41) is 11.1. The smallest absolute Gasteiger partial charge is 0.273 e. The fourth-order valence-electron chi connectivity index (χ4n) is 4.13. The van der Waals surface area contributed by atoms with Crippen LogP contribution in [-0.4, -0.2) is 50.3 Å². The second kappa shape index (κ2) is 8.81. The number of rotatable bonds is 6. The van der Waals surface area contributed by atoms with Gasteiger partial charge in [-0.2, -0.15) is 0 Å². The second-order valence-electron chi connectivity index (χ2n) is 9.88. The molecule has 1 saturated carbocycles. The van der Waals surface area contributed by atoms with Crippen molar-refractivity contribution in [3.05, 3.63) is 47.3 Å². The first-order valence-corrected chi connectivity index (χ1v) is 11.4. The van der Waals surface area contributed by atoms with Gasteiger partial charge in [-0.25, -0.2) is 0 Å². The van der Waals surface area contributed by atoms with Crippen molar-refractivity contribution >= 4 is 11.8 Å². The molecule has 4 rings (SSSR count). The van der Waals surface area contributed by atoms with Crippen molar-refractivity contribution in [2.75, 3.05) is 6.54 Å². The summed E-state index contributed by atoms with van der Waals surface area (Å²) in [4.78, 5) is 27.4. The van der Waals surface area contributed by atoms with Gasteiger partial charge in [0.2, 0.25) is 0 Å². The minimum Gasteiger partial charge on any atom is -0.348 e. The van der Waals surface area contributed by atoms with Crippen LogP contribution < -0.4 is 5.32 Å². The molecule has 2 fully saturated rings. The molecule has 0 unspecified atom stereocenters. The van der Waals surface area contributed by atoms with E-state index in [0.29, 0.717) is 18.3 Å². The zero-order valence-electron chi connectivity index (χ0n) is 18.8. The number of benzene rings is 1. The number of aromatic nitrogens is 3. The number of piperidine rings is 1. The Labute approximate surface area is 184 Å². The molecule has 1 saturated heterocycles. The summed E-state index contributed by atoms with van der Waals surface area (Å²) in [5.41, 5.74) is 2.41. The zero-order chi connectivity index (χ0) is 22.0. The second-order valence-corrected chi connectivity index (χ2v) is 9.88. The van der Waals surface area contributed by atoms with Crippen LogP contribution in [0.2, 0.25) is 0 Å². The Balaban J connectivity index is 1.37. The van der Waals surface area contributed by atoms with E-state index in [4.69, 9.17) is 0 Å². The predicted octanol–water partition coefficient (Wildman–Crippen LogP) is 3.55. The molecule has 0 bridgehead atoms. The lowest BCUT2D eigenvalue weighted by molar-refractivity contribution is 0.0593. The minimum absolute atomic E-state index is 0.0709. The SMILES string of the molecule is CC(C)(C)c1ccc(C(=O)N2CCCC[C@@H]2CCn2cc(C(=O)NC3CC3)nn2)cc1. The van der Waals surface area contributed by atoms with Crippen LogP contribution in [0.4, 0.5) is 0 Å². The minimum atomic E-state index is -0.151. The Kier molecular flexibility index (Phi) is 6.12. The molecule has 31 heavy (non-hydrogen) atoms. The number of nitrogens with zero attached hydrogens (tertiary/aromatic N) is 4. The third-order valence-corrected chi connectivity index (χ3v) is 6.26. The van der Waals surface area contributed by atoms with Crippen LogP contribution in [0.1, 0.15) is 85.7 Å². The number of aryl methyl sites for hydroxylation is 1. The van der Waals surface area contributed by atoms with Gasteiger partial charge in [-0.1, -0.05) is 38.1 Å². The molecule has 2 aliphatic rings. The standard InChI is InChI=1S/C24H33N5O2/c1-24(2,3)18-9-7-17(8-10-18)23(31)29-14-5-4-6-20(29)13-15-28-16-21(26-27-28)22(30)25-19-11-12-19/h7-10,16,19-20H,4-6,11-15H2,1-3H3,(H,25,30)/t20-/m1/s1. The van der Waals surface area contributed by atoms with E-state index in [9.17, 15) is 9.59 Å². The van der Waals surface area contributed by atoms with Gasteiger partial charge in [0, 0.05) is 30.7 Å². The maximum absolute atomic E-state index is 13.2. The zero-order valence-corrected chi connectivity index (χ0v) is 18.8. The van der Waals surface area contributed by atoms with Crippen molar-refractivity contribution in [2.45, 2.75) is 83.3 Å². The van der Waals surface area contributed by atoms with E-state index in [1.54, 1.807) is 10.9 Å². The van der Waals surface area contributed by atoms with E-state index in [-0.39, 0.29) is 23.3 Å². The molecule has 7 heteroatoms. The molecular formula is C24H33N5O2. The molecule has 1 atom stereocenters. The Morgan fingerprint density at radius 3 is 2.52 bits per heavy atom. The number of nitrogens with one attached hydrogen (secondary N) is 1. The van der Waals surface area contributed by atoms with Gasteiger partial charge in [-0.15, -0.1) is 5.10 Å². The number of amides is 2. The quantitative estimate of drug-likeness (QED) is 0.770. The molecule has 166 valence electrons. The van der Waals surface area contributed by atoms with Crippen LogP contribution in [0.5, 0.6) is 0 Å².